The van der Waals surface area contributed by atoms with Crippen LogP contribution in [0, 0.1) is 0 Å². The van der Waals surface area contributed by atoms with Crippen molar-refractivity contribution in [3.63, 3.8) is 0 Å². The van der Waals surface area contributed by atoms with Crippen LogP contribution in [0.3, 0.4) is 0 Å². The fourth-order valence-corrected chi connectivity index (χ4v) is 5.52. The summed E-state index contributed by atoms with van der Waals surface area (Å²) in [4.78, 5) is 17.4. The van der Waals surface area contributed by atoms with E-state index in [0.717, 1.165) is 11.1 Å². The van der Waals surface area contributed by atoms with Crippen molar-refractivity contribution in [2.24, 2.45) is 4.99 Å². The van der Waals surface area contributed by atoms with Gasteiger partial charge in [0.05, 0.1) is 24.2 Å². The van der Waals surface area contributed by atoms with E-state index in [0.29, 0.717) is 39.6 Å². The Hall–Kier alpha value is -3.16. The first-order valence-corrected chi connectivity index (χ1v) is 13.6. The second kappa shape index (κ2) is 12.3. The summed E-state index contributed by atoms with van der Waals surface area (Å²) in [5.74, 6) is -0.210. The number of amides is 1. The highest BCUT2D eigenvalue weighted by Gasteiger charge is 2.40. The van der Waals surface area contributed by atoms with Crippen molar-refractivity contribution >= 4 is 35.3 Å². The molecule has 4 rings (SSSR count). The second-order valence-electron chi connectivity index (χ2n) is 9.95. The van der Waals surface area contributed by atoms with Gasteiger partial charge in [0.25, 0.3) is 0 Å². The van der Waals surface area contributed by atoms with Gasteiger partial charge in [-0.05, 0) is 53.5 Å². The SMILES string of the molecule is CCC1(CC(O)(Cc2cccc(CC(=O)NCc3c(Cl)cccc3Cl)c2)c2ccc(O)c(CO)c2)C=CC=N1. The number of hydrogen-bond acceptors (Lipinski definition) is 5. The van der Waals surface area contributed by atoms with Gasteiger partial charge in [0.2, 0.25) is 5.91 Å². The molecule has 39 heavy (non-hydrogen) atoms. The summed E-state index contributed by atoms with van der Waals surface area (Å²) >= 11 is 12.4. The summed E-state index contributed by atoms with van der Waals surface area (Å²) in [6.45, 7) is 1.90. The van der Waals surface area contributed by atoms with Gasteiger partial charge in [-0.2, -0.15) is 0 Å². The van der Waals surface area contributed by atoms with Crippen LogP contribution < -0.4 is 5.32 Å². The lowest BCUT2D eigenvalue weighted by atomic mass is 9.75. The van der Waals surface area contributed by atoms with Gasteiger partial charge in [0, 0.05) is 46.8 Å². The summed E-state index contributed by atoms with van der Waals surface area (Å²) in [5, 5.41) is 35.9. The van der Waals surface area contributed by atoms with Crippen molar-refractivity contribution < 1.29 is 20.1 Å². The lowest BCUT2D eigenvalue weighted by Crippen LogP contribution is -2.38. The number of carbonyl (C=O) groups is 1. The summed E-state index contributed by atoms with van der Waals surface area (Å²) in [6.07, 6.45) is 7.03. The number of allylic oxidation sites excluding steroid dienone is 1. The molecular weight excluding hydrogens is 535 g/mol. The number of halogens is 2. The Labute approximate surface area is 238 Å². The molecule has 0 bridgehead atoms. The van der Waals surface area contributed by atoms with Gasteiger partial charge in [0.1, 0.15) is 5.75 Å². The maximum Gasteiger partial charge on any atom is 0.224 e. The van der Waals surface area contributed by atoms with E-state index in [-0.39, 0.29) is 37.6 Å². The highest BCUT2D eigenvalue weighted by Crippen LogP contribution is 2.40. The molecule has 0 fully saturated rings. The second-order valence-corrected chi connectivity index (χ2v) is 10.8. The summed E-state index contributed by atoms with van der Waals surface area (Å²) < 4.78 is 0. The lowest BCUT2D eigenvalue weighted by Gasteiger charge is -2.36. The Kier molecular flexibility index (Phi) is 9.13. The van der Waals surface area contributed by atoms with Crippen molar-refractivity contribution in [2.45, 2.75) is 56.9 Å². The molecule has 204 valence electrons. The van der Waals surface area contributed by atoms with Gasteiger partial charge >= 0.3 is 0 Å². The molecule has 3 aromatic carbocycles. The highest BCUT2D eigenvalue weighted by molar-refractivity contribution is 6.36. The smallest absolute Gasteiger partial charge is 0.224 e. The summed E-state index contributed by atoms with van der Waals surface area (Å²) in [5.41, 5.74) is 1.29. The van der Waals surface area contributed by atoms with Crippen molar-refractivity contribution in [3.05, 3.63) is 111 Å². The van der Waals surface area contributed by atoms with Gasteiger partial charge in [-0.3, -0.25) is 9.79 Å². The number of aliphatic imine (C=N–C) groups is 1. The quantitative estimate of drug-likeness (QED) is 0.240. The maximum absolute atomic E-state index is 12.7. The molecule has 1 aliphatic rings. The van der Waals surface area contributed by atoms with Gasteiger partial charge in [0.15, 0.2) is 0 Å². The molecule has 4 N–H and O–H groups in total. The Morgan fingerprint density at radius 3 is 2.44 bits per heavy atom. The fraction of sp³-hybridized carbons (Fsp3) is 0.290. The van der Waals surface area contributed by atoms with E-state index in [1.54, 1.807) is 36.5 Å². The van der Waals surface area contributed by atoms with Crippen LogP contribution in [-0.2, 0) is 36.4 Å². The summed E-state index contributed by atoms with van der Waals surface area (Å²) in [6, 6.07) is 17.6. The molecule has 0 saturated carbocycles. The van der Waals surface area contributed by atoms with Crippen LogP contribution in [0.15, 0.2) is 77.8 Å². The van der Waals surface area contributed by atoms with Crippen LogP contribution in [0.2, 0.25) is 10.0 Å². The maximum atomic E-state index is 12.7. The summed E-state index contributed by atoms with van der Waals surface area (Å²) in [7, 11) is 0. The third-order valence-electron chi connectivity index (χ3n) is 7.20. The third-order valence-corrected chi connectivity index (χ3v) is 7.91. The number of phenols is 1. The molecule has 0 aliphatic carbocycles. The van der Waals surface area contributed by atoms with Gasteiger partial charge in [-0.25, -0.2) is 0 Å². The van der Waals surface area contributed by atoms with E-state index < -0.39 is 11.1 Å². The largest absolute Gasteiger partial charge is 0.508 e. The van der Waals surface area contributed by atoms with Crippen LogP contribution in [0.25, 0.3) is 0 Å². The van der Waals surface area contributed by atoms with E-state index in [1.165, 1.54) is 6.07 Å². The molecule has 2 unspecified atom stereocenters. The molecule has 1 amide bonds. The molecular formula is C31H32Cl2N2O4. The normalized spacial score (nSPS) is 17.8. The molecule has 0 spiro atoms. The Morgan fingerprint density at radius 1 is 1.05 bits per heavy atom. The minimum atomic E-state index is -1.36. The number of carbonyl (C=O) groups excluding carboxylic acids is 1. The van der Waals surface area contributed by atoms with Gasteiger partial charge in [-0.1, -0.05) is 72.6 Å². The first-order valence-electron chi connectivity index (χ1n) is 12.8. The van der Waals surface area contributed by atoms with Crippen molar-refractivity contribution in [3.8, 4) is 5.75 Å². The monoisotopic (exact) mass is 566 g/mol. The predicted octanol–water partition coefficient (Wildman–Crippen LogP) is 5.66. The van der Waals surface area contributed by atoms with E-state index >= 15 is 0 Å². The highest BCUT2D eigenvalue weighted by atomic mass is 35.5. The van der Waals surface area contributed by atoms with Crippen molar-refractivity contribution in [1.82, 2.24) is 5.32 Å². The van der Waals surface area contributed by atoms with Crippen LogP contribution in [-0.4, -0.2) is 33.0 Å². The average molecular weight is 568 g/mol. The molecule has 0 radical (unpaired) electrons. The molecule has 1 heterocycles. The van der Waals surface area contributed by atoms with Crippen LogP contribution in [0.4, 0.5) is 0 Å². The number of nitrogens with one attached hydrogen (secondary N) is 1. The lowest BCUT2D eigenvalue weighted by molar-refractivity contribution is -0.120. The first-order chi connectivity index (χ1) is 18.7. The molecule has 6 nitrogen and oxygen atoms in total. The number of aliphatic hydroxyl groups excluding tert-OH is 1. The number of hydrogen-bond donors (Lipinski definition) is 4. The van der Waals surface area contributed by atoms with E-state index in [9.17, 15) is 20.1 Å². The zero-order valence-corrected chi connectivity index (χ0v) is 23.2. The number of aromatic hydroxyl groups is 1. The molecule has 3 aromatic rings. The number of nitrogens with zero attached hydrogens (tertiary/aromatic N) is 1. The minimum Gasteiger partial charge on any atom is -0.508 e. The third kappa shape index (κ3) is 6.89. The zero-order chi connectivity index (χ0) is 28.0. The molecule has 0 saturated heterocycles. The first kappa shape index (κ1) is 28.8. The van der Waals surface area contributed by atoms with E-state index in [2.05, 4.69) is 10.3 Å². The van der Waals surface area contributed by atoms with E-state index in [4.69, 9.17) is 23.2 Å². The Morgan fingerprint density at radius 2 is 1.77 bits per heavy atom. The fourth-order valence-electron chi connectivity index (χ4n) is 4.99. The molecule has 2 atom stereocenters. The van der Waals surface area contributed by atoms with Crippen LogP contribution in [0.5, 0.6) is 5.75 Å². The molecule has 1 aliphatic heterocycles. The van der Waals surface area contributed by atoms with Gasteiger partial charge < -0.3 is 20.6 Å². The predicted molar refractivity (Wildman–Crippen MR) is 155 cm³/mol. The topological polar surface area (TPSA) is 102 Å². The van der Waals surface area contributed by atoms with Crippen molar-refractivity contribution in [2.75, 3.05) is 0 Å². The van der Waals surface area contributed by atoms with Crippen molar-refractivity contribution in [1.29, 1.82) is 0 Å². The molecule has 0 aromatic heterocycles. The zero-order valence-electron chi connectivity index (χ0n) is 21.7. The number of benzene rings is 3. The number of rotatable bonds is 11. The number of aliphatic hydroxyl groups is 2. The van der Waals surface area contributed by atoms with E-state index in [1.807, 2.05) is 43.3 Å². The van der Waals surface area contributed by atoms with Crippen LogP contribution >= 0.6 is 23.2 Å². The minimum absolute atomic E-state index is 0.0290. The van der Waals surface area contributed by atoms with Gasteiger partial charge in [-0.15, -0.1) is 0 Å². The molecule has 8 heteroatoms. The average Bonchev–Trinajstić information content (AvgIpc) is 3.37. The Balaban J connectivity index is 1.55. The standard InChI is InChI=1S/C31H32Cl2N2O4/c1-2-30(12-5-13-35-30)20-31(39,24-10-11-28(37)23(16-24)19-36)17-22-7-3-6-21(14-22)15-29(38)34-18-25-26(32)8-4-9-27(25)33/h3-14,16,36-37,39H,2,15,17-20H2,1H3,(H,34,38). The Bertz CT molecular complexity index is 1370. The van der Waals surface area contributed by atoms with Crippen LogP contribution in [0.1, 0.15) is 47.6 Å².